The predicted octanol–water partition coefficient (Wildman–Crippen LogP) is 3.14. The summed E-state index contributed by atoms with van der Waals surface area (Å²) in [5.41, 5.74) is 2.21. The fourth-order valence-corrected chi connectivity index (χ4v) is 2.44. The molecule has 0 fully saturated rings. The van der Waals surface area contributed by atoms with Gasteiger partial charge in [0.05, 0.1) is 13.7 Å². The first-order chi connectivity index (χ1) is 12.1. The van der Waals surface area contributed by atoms with Crippen molar-refractivity contribution in [3.63, 3.8) is 0 Å². The molecule has 1 atom stereocenters. The number of methoxy groups -OCH3 is 1. The molecule has 0 aliphatic rings. The van der Waals surface area contributed by atoms with Gasteiger partial charge in [-0.15, -0.1) is 0 Å². The zero-order valence-electron chi connectivity index (χ0n) is 15.4. The number of aryl methyl sites for hydroxylation is 1. The van der Waals surface area contributed by atoms with Crippen molar-refractivity contribution in [3.05, 3.63) is 59.7 Å². The molecule has 5 heteroatoms. The van der Waals surface area contributed by atoms with Gasteiger partial charge < -0.3 is 20.1 Å². The maximum absolute atomic E-state index is 5.97. The van der Waals surface area contributed by atoms with Gasteiger partial charge in [0.1, 0.15) is 17.6 Å². The molecule has 0 bridgehead atoms. The van der Waals surface area contributed by atoms with E-state index < -0.39 is 0 Å². The zero-order chi connectivity index (χ0) is 18.1. The molecule has 0 heterocycles. The number of guanidine groups is 1. The lowest BCUT2D eigenvalue weighted by molar-refractivity contribution is 0.222. The van der Waals surface area contributed by atoms with Gasteiger partial charge in [-0.2, -0.15) is 0 Å². The van der Waals surface area contributed by atoms with Crippen LogP contribution >= 0.6 is 0 Å². The van der Waals surface area contributed by atoms with E-state index >= 15 is 0 Å². The SMILES string of the molecule is CN=C(NCc1ccccc1OC)NCC(C)Oc1ccccc1C. The van der Waals surface area contributed by atoms with Gasteiger partial charge >= 0.3 is 0 Å². The molecule has 2 aromatic carbocycles. The van der Waals surface area contributed by atoms with Gasteiger partial charge in [0.2, 0.25) is 0 Å². The molecular weight excluding hydrogens is 314 g/mol. The van der Waals surface area contributed by atoms with Crippen LogP contribution in [0.1, 0.15) is 18.1 Å². The highest BCUT2D eigenvalue weighted by Gasteiger charge is 2.08. The molecule has 134 valence electrons. The third kappa shape index (κ3) is 5.71. The molecule has 5 nitrogen and oxygen atoms in total. The third-order valence-electron chi connectivity index (χ3n) is 3.84. The minimum absolute atomic E-state index is 0.0194. The average molecular weight is 341 g/mol. The molecule has 25 heavy (non-hydrogen) atoms. The van der Waals surface area contributed by atoms with Gasteiger partial charge in [-0.3, -0.25) is 4.99 Å². The molecule has 2 rings (SSSR count). The van der Waals surface area contributed by atoms with E-state index in [2.05, 4.69) is 15.6 Å². The number of hydrogen-bond acceptors (Lipinski definition) is 3. The van der Waals surface area contributed by atoms with Gasteiger partial charge in [-0.05, 0) is 31.5 Å². The fourth-order valence-electron chi connectivity index (χ4n) is 2.44. The Morgan fingerprint density at radius 3 is 2.40 bits per heavy atom. The minimum Gasteiger partial charge on any atom is -0.496 e. The summed E-state index contributed by atoms with van der Waals surface area (Å²) in [7, 11) is 3.43. The maximum atomic E-state index is 5.97. The van der Waals surface area contributed by atoms with Crippen molar-refractivity contribution in [3.8, 4) is 11.5 Å². The standard InChI is InChI=1S/C20H27N3O2/c1-15-9-5-7-11-18(15)25-16(2)13-22-20(21-3)23-14-17-10-6-8-12-19(17)24-4/h5-12,16H,13-14H2,1-4H3,(H2,21,22,23). The Morgan fingerprint density at radius 1 is 1.04 bits per heavy atom. The number of hydrogen-bond donors (Lipinski definition) is 2. The van der Waals surface area contributed by atoms with E-state index in [1.165, 1.54) is 0 Å². The van der Waals surface area contributed by atoms with Crippen LogP contribution in [0.2, 0.25) is 0 Å². The smallest absolute Gasteiger partial charge is 0.191 e. The van der Waals surface area contributed by atoms with E-state index in [0.717, 1.165) is 28.6 Å². The number of nitrogens with one attached hydrogen (secondary N) is 2. The van der Waals surface area contributed by atoms with Crippen LogP contribution in [0.3, 0.4) is 0 Å². The second-order valence-corrected chi connectivity index (χ2v) is 5.81. The Labute approximate surface area is 150 Å². The number of para-hydroxylation sites is 2. The fraction of sp³-hybridized carbons (Fsp3) is 0.350. The number of benzene rings is 2. The van der Waals surface area contributed by atoms with Crippen molar-refractivity contribution >= 4 is 5.96 Å². The number of ether oxygens (including phenoxy) is 2. The van der Waals surface area contributed by atoms with Crippen molar-refractivity contribution in [2.24, 2.45) is 4.99 Å². The molecule has 2 N–H and O–H groups in total. The van der Waals surface area contributed by atoms with E-state index in [-0.39, 0.29) is 6.10 Å². The molecule has 0 aromatic heterocycles. The largest absolute Gasteiger partial charge is 0.496 e. The Morgan fingerprint density at radius 2 is 1.72 bits per heavy atom. The number of nitrogens with zero attached hydrogens (tertiary/aromatic N) is 1. The van der Waals surface area contributed by atoms with Crippen LogP contribution in [0.4, 0.5) is 0 Å². The molecule has 0 amide bonds. The van der Waals surface area contributed by atoms with Gasteiger partial charge in [0.25, 0.3) is 0 Å². The molecule has 0 radical (unpaired) electrons. The van der Waals surface area contributed by atoms with Crippen LogP contribution in [0.25, 0.3) is 0 Å². The third-order valence-corrected chi connectivity index (χ3v) is 3.84. The van der Waals surface area contributed by atoms with E-state index in [9.17, 15) is 0 Å². The summed E-state index contributed by atoms with van der Waals surface area (Å²) in [6.45, 7) is 5.37. The van der Waals surface area contributed by atoms with Crippen LogP contribution in [0, 0.1) is 6.92 Å². The summed E-state index contributed by atoms with van der Waals surface area (Å²) in [5, 5.41) is 6.58. The van der Waals surface area contributed by atoms with Crippen LogP contribution in [-0.2, 0) is 6.54 Å². The highest BCUT2D eigenvalue weighted by Crippen LogP contribution is 2.18. The van der Waals surface area contributed by atoms with Crippen molar-refractivity contribution in [1.29, 1.82) is 0 Å². The van der Waals surface area contributed by atoms with E-state index in [1.807, 2.05) is 62.4 Å². The number of aliphatic imine (C=N–C) groups is 1. The normalized spacial score (nSPS) is 12.4. The van der Waals surface area contributed by atoms with Crippen molar-refractivity contribution in [2.45, 2.75) is 26.5 Å². The summed E-state index contributed by atoms with van der Waals surface area (Å²) in [5.74, 6) is 2.50. The lowest BCUT2D eigenvalue weighted by Gasteiger charge is -2.19. The maximum Gasteiger partial charge on any atom is 0.191 e. The Kier molecular flexibility index (Phi) is 7.14. The molecule has 0 saturated carbocycles. The van der Waals surface area contributed by atoms with Gasteiger partial charge in [-0.25, -0.2) is 0 Å². The van der Waals surface area contributed by atoms with Crippen molar-refractivity contribution < 1.29 is 9.47 Å². The van der Waals surface area contributed by atoms with Gasteiger partial charge in [0, 0.05) is 19.2 Å². The van der Waals surface area contributed by atoms with E-state index in [1.54, 1.807) is 14.2 Å². The topological polar surface area (TPSA) is 54.9 Å². The van der Waals surface area contributed by atoms with Crippen LogP contribution in [0.15, 0.2) is 53.5 Å². The van der Waals surface area contributed by atoms with Gasteiger partial charge in [0.15, 0.2) is 5.96 Å². The molecule has 0 spiro atoms. The number of rotatable bonds is 7. The van der Waals surface area contributed by atoms with Crippen LogP contribution in [-0.4, -0.2) is 32.8 Å². The Hall–Kier alpha value is -2.69. The summed E-state index contributed by atoms with van der Waals surface area (Å²) < 4.78 is 11.3. The second-order valence-electron chi connectivity index (χ2n) is 5.81. The summed E-state index contributed by atoms with van der Waals surface area (Å²) in [6, 6.07) is 16.0. The molecule has 1 unspecified atom stereocenters. The quantitative estimate of drug-likeness (QED) is 0.600. The zero-order valence-corrected chi connectivity index (χ0v) is 15.4. The summed E-state index contributed by atoms with van der Waals surface area (Å²) >= 11 is 0. The van der Waals surface area contributed by atoms with Crippen molar-refractivity contribution in [2.75, 3.05) is 20.7 Å². The average Bonchev–Trinajstić information content (AvgIpc) is 2.64. The van der Waals surface area contributed by atoms with Crippen molar-refractivity contribution in [1.82, 2.24) is 10.6 Å². The lowest BCUT2D eigenvalue weighted by atomic mass is 10.2. The Balaban J connectivity index is 1.83. The highest BCUT2D eigenvalue weighted by atomic mass is 16.5. The molecule has 0 saturated heterocycles. The molecule has 0 aliphatic heterocycles. The molecule has 0 aliphatic carbocycles. The van der Waals surface area contributed by atoms with E-state index in [0.29, 0.717) is 13.1 Å². The first-order valence-corrected chi connectivity index (χ1v) is 8.42. The summed E-state index contributed by atoms with van der Waals surface area (Å²) in [4.78, 5) is 4.25. The summed E-state index contributed by atoms with van der Waals surface area (Å²) in [6.07, 6.45) is 0.0194. The van der Waals surface area contributed by atoms with Crippen LogP contribution < -0.4 is 20.1 Å². The van der Waals surface area contributed by atoms with Gasteiger partial charge in [-0.1, -0.05) is 36.4 Å². The lowest BCUT2D eigenvalue weighted by Crippen LogP contribution is -2.41. The van der Waals surface area contributed by atoms with Crippen LogP contribution in [0.5, 0.6) is 11.5 Å². The second kappa shape index (κ2) is 9.57. The molecular formula is C20H27N3O2. The first kappa shape index (κ1) is 18.6. The monoisotopic (exact) mass is 341 g/mol. The first-order valence-electron chi connectivity index (χ1n) is 8.42. The molecule has 2 aromatic rings. The predicted molar refractivity (Wildman–Crippen MR) is 102 cm³/mol. The van der Waals surface area contributed by atoms with E-state index in [4.69, 9.17) is 9.47 Å². The highest BCUT2D eigenvalue weighted by molar-refractivity contribution is 5.79. The Bertz CT molecular complexity index is 701. The minimum atomic E-state index is 0.0194.